The number of benzene rings is 5. The van der Waals surface area contributed by atoms with Gasteiger partial charge in [0.2, 0.25) is 0 Å². The molecule has 0 aliphatic heterocycles. The molecule has 14 heteroatoms. The smallest absolute Gasteiger partial charge is 0.338 e. The molecule has 5 aromatic rings. The van der Waals surface area contributed by atoms with Gasteiger partial charge in [-0.15, -0.1) is 71.1 Å². The summed E-state index contributed by atoms with van der Waals surface area (Å²) >= 11 is 20.6. The maximum absolute atomic E-state index is 11.5. The molecule has 0 bridgehead atoms. The van der Waals surface area contributed by atoms with E-state index < -0.39 is 9.84 Å². The predicted octanol–water partition coefficient (Wildman–Crippen LogP) is 12.6. The molecule has 0 radical (unpaired) electrons. The highest BCUT2D eigenvalue weighted by molar-refractivity contribution is 7.99. The molecule has 0 unspecified atom stereocenters. The van der Waals surface area contributed by atoms with Crippen LogP contribution in [0.3, 0.4) is 0 Å². The summed E-state index contributed by atoms with van der Waals surface area (Å²) in [5.41, 5.74) is 3.06. The topological polar surface area (TPSA) is 107 Å². The van der Waals surface area contributed by atoms with Crippen molar-refractivity contribution in [2.75, 3.05) is 37.2 Å². The Morgan fingerprint density at radius 1 is 0.586 bits per heavy atom. The number of hydrogen-bond acceptors (Lipinski definition) is 11. The molecule has 1 N–H and O–H groups in total. The zero-order valence-corrected chi connectivity index (χ0v) is 39.2. The number of ether oxygens (including phenoxy) is 2. The molecule has 0 aromatic heterocycles. The third kappa shape index (κ3) is 19.2. The Balaban J connectivity index is 0.000000364. The lowest BCUT2D eigenvalue weighted by Crippen LogP contribution is -2.06. The maximum Gasteiger partial charge on any atom is 0.338 e. The summed E-state index contributed by atoms with van der Waals surface area (Å²) in [5.74, 6) is 3.78. The number of hydrogen-bond donors (Lipinski definition) is 2. The van der Waals surface area contributed by atoms with Gasteiger partial charge < -0.3 is 14.6 Å². The number of thioether (sulfide) groups is 3. The highest BCUT2D eigenvalue weighted by Crippen LogP contribution is 2.27. The van der Waals surface area contributed by atoms with Gasteiger partial charge in [-0.3, -0.25) is 0 Å². The second-order valence-electron chi connectivity index (χ2n) is 11.1. The van der Waals surface area contributed by atoms with Gasteiger partial charge in [0.1, 0.15) is 5.75 Å². The van der Waals surface area contributed by atoms with Crippen molar-refractivity contribution in [1.82, 2.24) is 0 Å². The van der Waals surface area contributed by atoms with Gasteiger partial charge in [-0.25, -0.2) is 18.0 Å². The van der Waals surface area contributed by atoms with Crippen molar-refractivity contribution in [3.63, 3.8) is 0 Å². The molecule has 0 heterocycles. The molecule has 0 atom stereocenters. The van der Waals surface area contributed by atoms with E-state index in [2.05, 4.69) is 55.0 Å². The molecule has 7 nitrogen and oxygen atoms in total. The van der Waals surface area contributed by atoms with Gasteiger partial charge in [-0.05, 0) is 76.9 Å². The van der Waals surface area contributed by atoms with E-state index in [1.54, 1.807) is 85.0 Å². The molecule has 0 saturated heterocycles. The third-order valence-corrected chi connectivity index (χ3v) is 13.0. The number of aromatic hydroxyl groups is 1. The maximum atomic E-state index is 11.5. The molecular formula is C44H52Cl2O7S5. The number of carbonyl (C=O) groups excluding carboxylic acids is 2. The van der Waals surface area contributed by atoms with Crippen molar-refractivity contribution in [3.05, 3.63) is 144 Å². The van der Waals surface area contributed by atoms with Gasteiger partial charge >= 0.3 is 11.9 Å². The summed E-state index contributed by atoms with van der Waals surface area (Å²) in [4.78, 5) is 26.5. The summed E-state index contributed by atoms with van der Waals surface area (Å²) in [6.45, 7) is 7.89. The Labute approximate surface area is 373 Å². The van der Waals surface area contributed by atoms with Crippen LogP contribution >= 0.6 is 71.1 Å². The minimum atomic E-state index is -3.13. The first kappa shape index (κ1) is 52.8. The fourth-order valence-corrected chi connectivity index (χ4v) is 8.82. The van der Waals surface area contributed by atoms with Crippen LogP contribution in [0.2, 0.25) is 0 Å². The summed E-state index contributed by atoms with van der Waals surface area (Å²) in [7, 11) is -0.377. The standard InChI is InChI=1S/C10H12O2S.C9H11ClO2S.C9H11ClS.C8H8O2S.C8H10OS/c1-3-13-9-7-5-4-6-8(9)10(11)12-2;1-2-13(11,12)9-6-4-3-5-8(9)7-10;1-2-11-9-6-4-3-5-8(9)7-10;1-10-8(9)6-4-2-3-5-7(6)11;1-2-10-8-6-4-3-5-7(8)9/h4-7H,3H2,1-2H3;3-6H,2,7H2,1H3;3-6H,2,7H2,1H3;2-5,11H,1H3;3-6,9H,2H2,1H3. The van der Waals surface area contributed by atoms with Crippen LogP contribution in [0, 0.1) is 0 Å². The number of thiol groups is 1. The van der Waals surface area contributed by atoms with E-state index in [9.17, 15) is 23.1 Å². The zero-order chi connectivity index (χ0) is 43.3. The van der Waals surface area contributed by atoms with Crippen LogP contribution in [0.5, 0.6) is 5.75 Å². The fourth-order valence-electron chi connectivity index (χ4n) is 4.50. The lowest BCUT2D eigenvalue weighted by molar-refractivity contribution is 0.0588. The number of carbonyl (C=O) groups is 2. The SMILES string of the molecule is CCS(=O)(=O)c1ccccc1CCl.CCSc1ccccc1C(=O)OC.CCSc1ccccc1CCl.CCSc1ccccc1O.COC(=O)c1ccccc1S. The molecule has 0 aliphatic carbocycles. The second-order valence-corrected chi connectivity index (χ2v) is 18.3. The number of esters is 2. The van der Waals surface area contributed by atoms with E-state index in [-0.39, 0.29) is 23.6 Å². The summed E-state index contributed by atoms with van der Waals surface area (Å²) < 4.78 is 32.2. The highest BCUT2D eigenvalue weighted by atomic mass is 35.5. The molecule has 0 aliphatic rings. The molecule has 5 aromatic carbocycles. The van der Waals surface area contributed by atoms with Crippen molar-refractivity contribution in [3.8, 4) is 5.75 Å². The minimum Gasteiger partial charge on any atom is -0.507 e. The van der Waals surface area contributed by atoms with E-state index >= 15 is 0 Å². The van der Waals surface area contributed by atoms with Crippen molar-refractivity contribution >= 4 is 92.9 Å². The molecule has 0 saturated carbocycles. The second kappa shape index (κ2) is 30.8. The summed E-state index contributed by atoms with van der Waals surface area (Å²) in [6, 6.07) is 36.9. The van der Waals surface area contributed by atoms with Crippen LogP contribution in [0.25, 0.3) is 0 Å². The van der Waals surface area contributed by atoms with Crippen LogP contribution in [-0.4, -0.2) is 62.7 Å². The van der Waals surface area contributed by atoms with E-state index in [0.29, 0.717) is 38.1 Å². The minimum absolute atomic E-state index is 0.112. The number of methoxy groups -OCH3 is 2. The van der Waals surface area contributed by atoms with Crippen LogP contribution < -0.4 is 0 Å². The van der Waals surface area contributed by atoms with Crippen LogP contribution in [0.4, 0.5) is 0 Å². The van der Waals surface area contributed by atoms with E-state index in [1.807, 2.05) is 66.4 Å². The molecule has 0 fully saturated rings. The van der Waals surface area contributed by atoms with Gasteiger partial charge in [0.05, 0.1) is 36.0 Å². The number of alkyl halides is 2. The number of sulfone groups is 1. The normalized spacial score (nSPS) is 10.1. The quantitative estimate of drug-likeness (QED) is 0.0544. The third-order valence-electron chi connectivity index (χ3n) is 7.31. The van der Waals surface area contributed by atoms with Gasteiger partial charge in [0.15, 0.2) is 9.84 Å². The van der Waals surface area contributed by atoms with Crippen LogP contribution in [-0.2, 0) is 31.1 Å². The first-order valence-corrected chi connectivity index (χ1v) is 24.2. The molecule has 0 amide bonds. The van der Waals surface area contributed by atoms with Crippen molar-refractivity contribution in [1.29, 1.82) is 0 Å². The lowest BCUT2D eigenvalue weighted by Gasteiger charge is -2.05. The summed E-state index contributed by atoms with van der Waals surface area (Å²) in [5, 5.41) is 9.22. The van der Waals surface area contributed by atoms with E-state index in [4.69, 9.17) is 23.2 Å². The molecule has 0 spiro atoms. The zero-order valence-electron chi connectivity index (χ0n) is 33.5. The van der Waals surface area contributed by atoms with Gasteiger partial charge in [0, 0.05) is 31.3 Å². The van der Waals surface area contributed by atoms with Crippen LogP contribution in [0.1, 0.15) is 59.5 Å². The Morgan fingerprint density at radius 2 is 1.00 bits per heavy atom. The van der Waals surface area contributed by atoms with E-state index in [1.165, 1.54) is 24.7 Å². The average Bonchev–Trinajstić information content (AvgIpc) is 3.25. The van der Waals surface area contributed by atoms with Gasteiger partial charge in [-0.1, -0.05) is 100 Å². The fraction of sp³-hybridized carbons (Fsp3) is 0.273. The lowest BCUT2D eigenvalue weighted by atomic mass is 10.2. The van der Waals surface area contributed by atoms with Crippen molar-refractivity contribution in [2.45, 2.75) is 63.9 Å². The first-order chi connectivity index (χ1) is 27.9. The van der Waals surface area contributed by atoms with Gasteiger partial charge in [-0.2, -0.15) is 0 Å². The number of phenols is 1. The average molecular weight is 924 g/mol. The van der Waals surface area contributed by atoms with Crippen molar-refractivity contribution in [2.24, 2.45) is 0 Å². The Kier molecular flexibility index (Phi) is 28.0. The molecule has 5 rings (SSSR count). The molecular weight excluding hydrogens is 872 g/mol. The van der Waals surface area contributed by atoms with Crippen molar-refractivity contribution < 1.29 is 32.6 Å². The predicted molar refractivity (Wildman–Crippen MR) is 250 cm³/mol. The first-order valence-electron chi connectivity index (χ1n) is 18.1. The number of phenolic OH excluding ortho intramolecular Hbond substituents is 1. The highest BCUT2D eigenvalue weighted by Gasteiger charge is 2.15. The summed E-state index contributed by atoms with van der Waals surface area (Å²) in [6.07, 6.45) is 0. The number of rotatable bonds is 12. The molecule has 314 valence electrons. The Hall–Kier alpha value is -3.23. The Bertz CT molecular complexity index is 2060. The monoisotopic (exact) mass is 922 g/mol. The largest absolute Gasteiger partial charge is 0.507 e. The van der Waals surface area contributed by atoms with E-state index in [0.717, 1.165) is 27.0 Å². The number of halogens is 2. The Morgan fingerprint density at radius 3 is 1.52 bits per heavy atom. The van der Waals surface area contributed by atoms with Gasteiger partial charge in [0.25, 0.3) is 0 Å². The molecule has 58 heavy (non-hydrogen) atoms. The number of para-hydroxylation sites is 1. The van der Waals surface area contributed by atoms with Crippen LogP contribution in [0.15, 0.2) is 146 Å².